The van der Waals surface area contributed by atoms with Crippen LogP contribution in [0.15, 0.2) is 10.5 Å². The predicted octanol–water partition coefficient (Wildman–Crippen LogP) is 2.40. The zero-order chi connectivity index (χ0) is 13.1. The van der Waals surface area contributed by atoms with Gasteiger partial charge in [-0.2, -0.15) is 0 Å². The van der Waals surface area contributed by atoms with Crippen LogP contribution in [0.3, 0.4) is 0 Å². The second-order valence-electron chi connectivity index (χ2n) is 3.86. The van der Waals surface area contributed by atoms with E-state index in [4.69, 9.17) is 14.6 Å². The van der Waals surface area contributed by atoms with Crippen LogP contribution in [0, 0.1) is 0 Å². The maximum absolute atomic E-state index is 11.0. The first-order valence-electron chi connectivity index (χ1n) is 5.41. The number of carboxylic acids is 1. The van der Waals surface area contributed by atoms with E-state index in [0.29, 0.717) is 40.7 Å². The summed E-state index contributed by atoms with van der Waals surface area (Å²) in [6.45, 7) is 0.0819. The van der Waals surface area contributed by atoms with Gasteiger partial charge in [-0.05, 0) is 40.4 Å². The lowest BCUT2D eigenvalue weighted by Crippen LogP contribution is -1.98. The molecule has 2 rings (SSSR count). The standard InChI is InChI=1S/C12H11BrO5/c13-9-4-7(2-1-3-10(15)16)11-12(8(9)5-14)18-6-17-11/h4-5H,1-3,6H2,(H,15,16). The summed E-state index contributed by atoms with van der Waals surface area (Å²) in [7, 11) is 0. The highest BCUT2D eigenvalue weighted by Crippen LogP contribution is 2.42. The van der Waals surface area contributed by atoms with Gasteiger partial charge in [0.15, 0.2) is 17.8 Å². The van der Waals surface area contributed by atoms with E-state index in [2.05, 4.69) is 15.9 Å². The first kappa shape index (κ1) is 12.9. The Labute approximate surface area is 112 Å². The van der Waals surface area contributed by atoms with Crippen LogP contribution in [-0.2, 0) is 11.2 Å². The highest BCUT2D eigenvalue weighted by atomic mass is 79.9. The van der Waals surface area contributed by atoms with Crippen molar-refractivity contribution in [2.75, 3.05) is 6.79 Å². The third-order valence-electron chi connectivity index (χ3n) is 2.66. The molecule has 0 radical (unpaired) electrons. The molecule has 0 aliphatic carbocycles. The minimum Gasteiger partial charge on any atom is -0.481 e. The van der Waals surface area contributed by atoms with Gasteiger partial charge in [-0.3, -0.25) is 9.59 Å². The number of carboxylic acid groups (broad SMARTS) is 1. The molecule has 1 aliphatic heterocycles. The number of aldehydes is 1. The van der Waals surface area contributed by atoms with Gasteiger partial charge in [-0.25, -0.2) is 0 Å². The van der Waals surface area contributed by atoms with Gasteiger partial charge in [-0.1, -0.05) is 0 Å². The van der Waals surface area contributed by atoms with Crippen molar-refractivity contribution in [2.45, 2.75) is 19.3 Å². The number of hydrogen-bond acceptors (Lipinski definition) is 4. The average Bonchev–Trinajstić information content (AvgIpc) is 2.77. The van der Waals surface area contributed by atoms with E-state index in [1.165, 1.54) is 0 Å². The molecule has 0 amide bonds. The number of fused-ring (bicyclic) bond motifs is 1. The molecule has 0 bridgehead atoms. The number of aliphatic carboxylic acids is 1. The van der Waals surface area contributed by atoms with Crippen LogP contribution in [0.4, 0.5) is 0 Å². The van der Waals surface area contributed by atoms with Crippen LogP contribution in [0.5, 0.6) is 11.5 Å². The molecule has 0 atom stereocenters. The third-order valence-corrected chi connectivity index (χ3v) is 3.32. The highest BCUT2D eigenvalue weighted by Gasteiger charge is 2.24. The molecule has 18 heavy (non-hydrogen) atoms. The van der Waals surface area contributed by atoms with Crippen molar-refractivity contribution in [1.29, 1.82) is 0 Å². The van der Waals surface area contributed by atoms with Crippen LogP contribution in [0.1, 0.15) is 28.8 Å². The minimum atomic E-state index is -0.826. The summed E-state index contributed by atoms with van der Waals surface area (Å²) >= 11 is 3.30. The Hall–Kier alpha value is -1.56. The normalized spacial score (nSPS) is 12.5. The predicted molar refractivity (Wildman–Crippen MR) is 66.2 cm³/mol. The molecule has 96 valence electrons. The lowest BCUT2D eigenvalue weighted by molar-refractivity contribution is -0.137. The molecule has 1 aliphatic rings. The van der Waals surface area contributed by atoms with Crippen molar-refractivity contribution in [3.8, 4) is 11.5 Å². The lowest BCUT2D eigenvalue weighted by atomic mass is 10.0. The van der Waals surface area contributed by atoms with E-state index in [1.807, 2.05) is 0 Å². The fraction of sp³-hybridized carbons (Fsp3) is 0.333. The fourth-order valence-corrected chi connectivity index (χ4v) is 2.40. The van der Waals surface area contributed by atoms with Crippen LogP contribution >= 0.6 is 15.9 Å². The SMILES string of the molecule is O=Cc1c(Br)cc(CCCC(=O)O)c2c1OCO2. The number of halogens is 1. The molecule has 1 aromatic carbocycles. The molecule has 0 spiro atoms. The van der Waals surface area contributed by atoms with Crippen LogP contribution in [-0.4, -0.2) is 24.2 Å². The van der Waals surface area contributed by atoms with Gasteiger partial charge in [0.25, 0.3) is 0 Å². The first-order chi connectivity index (χ1) is 8.63. The van der Waals surface area contributed by atoms with Gasteiger partial charge >= 0.3 is 5.97 Å². The van der Waals surface area contributed by atoms with Gasteiger partial charge in [0.05, 0.1) is 5.56 Å². The summed E-state index contributed by atoms with van der Waals surface area (Å²) < 4.78 is 11.2. The average molecular weight is 315 g/mol. The number of carbonyl (C=O) groups excluding carboxylic acids is 1. The molecule has 0 fully saturated rings. The third kappa shape index (κ3) is 2.48. The van der Waals surface area contributed by atoms with Gasteiger partial charge in [0.1, 0.15) is 0 Å². The van der Waals surface area contributed by atoms with E-state index in [1.54, 1.807) is 6.07 Å². The molecule has 0 saturated carbocycles. The van der Waals surface area contributed by atoms with Gasteiger partial charge in [0.2, 0.25) is 6.79 Å². The minimum absolute atomic E-state index is 0.0819. The summed E-state index contributed by atoms with van der Waals surface area (Å²) in [5.41, 5.74) is 1.27. The summed E-state index contributed by atoms with van der Waals surface area (Å²) in [5, 5.41) is 8.61. The maximum Gasteiger partial charge on any atom is 0.303 e. The number of aryl methyl sites for hydroxylation is 1. The van der Waals surface area contributed by atoms with Crippen molar-refractivity contribution in [3.05, 3.63) is 21.7 Å². The van der Waals surface area contributed by atoms with Crippen LogP contribution in [0.2, 0.25) is 0 Å². The van der Waals surface area contributed by atoms with Crippen LogP contribution in [0.25, 0.3) is 0 Å². The number of ether oxygens (including phenoxy) is 2. The van der Waals surface area contributed by atoms with E-state index in [9.17, 15) is 9.59 Å². The number of carbonyl (C=O) groups is 2. The molecule has 0 saturated heterocycles. The Morgan fingerprint density at radius 2 is 2.17 bits per heavy atom. The van der Waals surface area contributed by atoms with E-state index in [-0.39, 0.29) is 13.2 Å². The van der Waals surface area contributed by atoms with Crippen molar-refractivity contribution in [2.24, 2.45) is 0 Å². The van der Waals surface area contributed by atoms with Crippen molar-refractivity contribution >= 4 is 28.2 Å². The Kier molecular flexibility index (Phi) is 3.86. The summed E-state index contributed by atoms with van der Waals surface area (Å²) in [5.74, 6) is 0.155. The quantitative estimate of drug-likeness (QED) is 0.845. The maximum atomic E-state index is 11.0. The van der Waals surface area contributed by atoms with Gasteiger partial charge in [-0.15, -0.1) is 0 Å². The monoisotopic (exact) mass is 314 g/mol. The smallest absolute Gasteiger partial charge is 0.303 e. The molecule has 1 aromatic rings. The van der Waals surface area contributed by atoms with E-state index >= 15 is 0 Å². The van der Waals surface area contributed by atoms with Crippen molar-refractivity contribution in [1.82, 2.24) is 0 Å². The van der Waals surface area contributed by atoms with Crippen LogP contribution < -0.4 is 9.47 Å². The zero-order valence-corrected chi connectivity index (χ0v) is 11.0. The number of benzene rings is 1. The Morgan fingerprint density at radius 3 is 2.83 bits per heavy atom. The highest BCUT2D eigenvalue weighted by molar-refractivity contribution is 9.10. The Bertz CT molecular complexity index is 498. The largest absolute Gasteiger partial charge is 0.481 e. The molecule has 1 heterocycles. The van der Waals surface area contributed by atoms with E-state index in [0.717, 1.165) is 5.56 Å². The van der Waals surface area contributed by atoms with E-state index < -0.39 is 5.97 Å². The topological polar surface area (TPSA) is 72.8 Å². The second kappa shape index (κ2) is 5.39. The fourth-order valence-electron chi connectivity index (χ4n) is 1.85. The summed E-state index contributed by atoms with van der Waals surface area (Å²) in [6, 6.07) is 1.78. The van der Waals surface area contributed by atoms with Gasteiger partial charge < -0.3 is 14.6 Å². The Morgan fingerprint density at radius 1 is 1.44 bits per heavy atom. The molecule has 1 N–H and O–H groups in total. The molecular formula is C12H11BrO5. The summed E-state index contributed by atoms with van der Waals surface area (Å²) in [4.78, 5) is 21.4. The molecule has 0 unspecified atom stereocenters. The van der Waals surface area contributed by atoms with Gasteiger partial charge in [0, 0.05) is 10.9 Å². The van der Waals surface area contributed by atoms with Crippen molar-refractivity contribution < 1.29 is 24.2 Å². The number of hydrogen-bond donors (Lipinski definition) is 1. The second-order valence-corrected chi connectivity index (χ2v) is 4.72. The molecule has 6 heteroatoms. The lowest BCUT2D eigenvalue weighted by Gasteiger charge is -2.08. The van der Waals surface area contributed by atoms with Crippen molar-refractivity contribution in [3.63, 3.8) is 0 Å². The molecule has 5 nitrogen and oxygen atoms in total. The molecule has 0 aromatic heterocycles. The molecular weight excluding hydrogens is 304 g/mol. The number of rotatable bonds is 5. The zero-order valence-electron chi connectivity index (χ0n) is 9.44. The first-order valence-corrected chi connectivity index (χ1v) is 6.20. The Balaban J connectivity index is 2.26. The summed E-state index contributed by atoms with van der Waals surface area (Å²) in [6.07, 6.45) is 1.88.